The summed E-state index contributed by atoms with van der Waals surface area (Å²) in [6.45, 7) is 7.39. The van der Waals surface area contributed by atoms with Crippen LogP contribution in [0.25, 0.3) is 0 Å². The second-order valence-corrected chi connectivity index (χ2v) is 8.03. The number of benzene rings is 1. The SMILES string of the molecule is CC(C)(C)OC(=O)N1C[C@H](Oc2cc(N3CCNCC3)c(F)cc2F)[C@@H](F)C1. The van der Waals surface area contributed by atoms with Gasteiger partial charge in [0.05, 0.1) is 18.8 Å². The summed E-state index contributed by atoms with van der Waals surface area (Å²) in [4.78, 5) is 15.1. The minimum absolute atomic E-state index is 0.0735. The van der Waals surface area contributed by atoms with Gasteiger partial charge in [-0.05, 0) is 20.8 Å². The van der Waals surface area contributed by atoms with E-state index in [1.54, 1.807) is 25.7 Å². The van der Waals surface area contributed by atoms with Gasteiger partial charge in [-0.1, -0.05) is 0 Å². The lowest BCUT2D eigenvalue weighted by Crippen LogP contribution is -2.44. The number of hydrogen-bond donors (Lipinski definition) is 1. The first kappa shape index (κ1) is 20.6. The Morgan fingerprint density at radius 2 is 1.82 bits per heavy atom. The lowest BCUT2D eigenvalue weighted by atomic mass is 10.2. The molecule has 0 unspecified atom stereocenters. The Morgan fingerprint density at radius 1 is 1.14 bits per heavy atom. The van der Waals surface area contributed by atoms with Crippen LogP contribution in [0.15, 0.2) is 12.1 Å². The van der Waals surface area contributed by atoms with E-state index in [-0.39, 0.29) is 24.5 Å². The van der Waals surface area contributed by atoms with E-state index in [0.717, 1.165) is 6.07 Å². The molecule has 2 aliphatic rings. The summed E-state index contributed by atoms with van der Waals surface area (Å²) in [6.07, 6.45) is -3.20. The molecule has 1 aromatic carbocycles. The minimum Gasteiger partial charge on any atom is -0.482 e. The van der Waals surface area contributed by atoms with E-state index in [4.69, 9.17) is 9.47 Å². The second kappa shape index (κ2) is 8.06. The number of carbonyl (C=O) groups is 1. The molecular formula is C19H26F3N3O3. The topological polar surface area (TPSA) is 54.0 Å². The zero-order valence-electron chi connectivity index (χ0n) is 16.3. The summed E-state index contributed by atoms with van der Waals surface area (Å²) in [6, 6.07) is 2.01. The van der Waals surface area contributed by atoms with Crippen molar-refractivity contribution in [3.05, 3.63) is 23.8 Å². The zero-order chi connectivity index (χ0) is 20.5. The number of amides is 1. The monoisotopic (exact) mass is 401 g/mol. The molecule has 28 heavy (non-hydrogen) atoms. The van der Waals surface area contributed by atoms with Crippen molar-refractivity contribution >= 4 is 11.8 Å². The number of piperazine rings is 1. The van der Waals surface area contributed by atoms with Crippen LogP contribution in [0.4, 0.5) is 23.7 Å². The Morgan fingerprint density at radius 3 is 2.46 bits per heavy atom. The van der Waals surface area contributed by atoms with Crippen molar-refractivity contribution in [1.82, 2.24) is 10.2 Å². The number of halogens is 3. The first-order valence-electron chi connectivity index (χ1n) is 9.37. The van der Waals surface area contributed by atoms with Crippen LogP contribution < -0.4 is 15.0 Å². The molecule has 0 aromatic heterocycles. The maximum Gasteiger partial charge on any atom is 0.410 e. The van der Waals surface area contributed by atoms with Crippen molar-refractivity contribution in [2.75, 3.05) is 44.2 Å². The van der Waals surface area contributed by atoms with Gasteiger partial charge in [0.1, 0.15) is 17.5 Å². The molecule has 2 aliphatic heterocycles. The highest BCUT2D eigenvalue weighted by Gasteiger charge is 2.39. The van der Waals surface area contributed by atoms with Gasteiger partial charge < -0.3 is 24.6 Å². The smallest absolute Gasteiger partial charge is 0.410 e. The summed E-state index contributed by atoms with van der Waals surface area (Å²) in [5.74, 6) is -1.82. The molecule has 2 atom stereocenters. The lowest BCUT2D eigenvalue weighted by Gasteiger charge is -2.30. The fraction of sp³-hybridized carbons (Fsp3) is 0.632. The third kappa shape index (κ3) is 4.81. The Balaban J connectivity index is 1.71. The number of rotatable bonds is 3. The third-order valence-corrected chi connectivity index (χ3v) is 4.59. The molecule has 1 N–H and O–H groups in total. The molecule has 1 aromatic rings. The molecule has 0 bridgehead atoms. The molecule has 3 rings (SSSR count). The van der Waals surface area contributed by atoms with Crippen LogP contribution in [0.2, 0.25) is 0 Å². The van der Waals surface area contributed by atoms with Gasteiger partial charge in [0.2, 0.25) is 0 Å². The van der Waals surface area contributed by atoms with E-state index < -0.39 is 35.6 Å². The van der Waals surface area contributed by atoms with Crippen LogP contribution in [-0.2, 0) is 4.74 Å². The van der Waals surface area contributed by atoms with E-state index in [9.17, 15) is 18.0 Å². The van der Waals surface area contributed by atoms with Crippen LogP contribution in [-0.4, -0.2) is 68.1 Å². The fourth-order valence-corrected chi connectivity index (χ4v) is 3.24. The Labute approximate surface area is 162 Å². The summed E-state index contributed by atoms with van der Waals surface area (Å²) in [5.41, 5.74) is -0.487. The summed E-state index contributed by atoms with van der Waals surface area (Å²) in [5, 5.41) is 3.16. The largest absolute Gasteiger partial charge is 0.482 e. The molecular weight excluding hydrogens is 375 g/mol. The van der Waals surface area contributed by atoms with E-state index in [0.29, 0.717) is 26.2 Å². The maximum absolute atomic E-state index is 14.4. The van der Waals surface area contributed by atoms with Crippen molar-refractivity contribution in [2.24, 2.45) is 0 Å². The average molecular weight is 401 g/mol. The first-order chi connectivity index (χ1) is 13.1. The molecule has 0 saturated carbocycles. The predicted octanol–water partition coefficient (Wildman–Crippen LogP) is 2.71. The van der Waals surface area contributed by atoms with E-state index in [1.807, 2.05) is 0 Å². The minimum atomic E-state index is -1.50. The molecule has 2 fully saturated rings. The van der Waals surface area contributed by atoms with Crippen molar-refractivity contribution in [2.45, 2.75) is 38.6 Å². The number of alkyl halides is 1. The van der Waals surface area contributed by atoms with Crippen LogP contribution in [0.1, 0.15) is 20.8 Å². The molecule has 0 aliphatic carbocycles. The number of nitrogens with zero attached hydrogens (tertiary/aromatic N) is 2. The van der Waals surface area contributed by atoms with Gasteiger partial charge in [0.15, 0.2) is 17.7 Å². The van der Waals surface area contributed by atoms with Crippen molar-refractivity contribution < 1.29 is 27.4 Å². The van der Waals surface area contributed by atoms with Crippen molar-refractivity contribution in [3.8, 4) is 5.75 Å². The van der Waals surface area contributed by atoms with Crippen LogP contribution in [0.5, 0.6) is 5.75 Å². The standard InChI is InChI=1S/C19H26F3N3O3/c1-19(2,3)28-18(26)25-10-14(22)17(11-25)27-16-9-15(12(20)8-13(16)21)24-6-4-23-5-7-24/h8-9,14,17,23H,4-7,10-11H2,1-3H3/t14-,17-/m0/s1. The first-order valence-corrected chi connectivity index (χ1v) is 9.37. The molecule has 2 saturated heterocycles. The van der Waals surface area contributed by atoms with E-state index in [1.165, 1.54) is 11.0 Å². The van der Waals surface area contributed by atoms with Gasteiger partial charge >= 0.3 is 6.09 Å². The quantitative estimate of drug-likeness (QED) is 0.844. The van der Waals surface area contributed by atoms with Gasteiger partial charge in [0.25, 0.3) is 0 Å². The maximum atomic E-state index is 14.4. The normalized spacial score (nSPS) is 23.1. The predicted molar refractivity (Wildman–Crippen MR) is 98.6 cm³/mol. The van der Waals surface area contributed by atoms with Crippen molar-refractivity contribution in [1.29, 1.82) is 0 Å². The Kier molecular flexibility index (Phi) is 5.92. The Bertz CT molecular complexity index is 720. The molecule has 0 spiro atoms. The highest BCUT2D eigenvalue weighted by atomic mass is 19.1. The lowest BCUT2D eigenvalue weighted by molar-refractivity contribution is 0.0273. The number of likely N-dealkylation sites (tertiary alicyclic amines) is 1. The van der Waals surface area contributed by atoms with Crippen LogP contribution in [0, 0.1) is 11.6 Å². The van der Waals surface area contributed by atoms with Gasteiger partial charge in [-0.25, -0.2) is 18.0 Å². The summed E-state index contributed by atoms with van der Waals surface area (Å²) < 4.78 is 53.6. The van der Waals surface area contributed by atoms with Crippen LogP contribution >= 0.6 is 0 Å². The average Bonchev–Trinajstić information content (AvgIpc) is 2.97. The fourth-order valence-electron chi connectivity index (χ4n) is 3.24. The van der Waals surface area contributed by atoms with Gasteiger partial charge in [0, 0.05) is 38.3 Å². The highest BCUT2D eigenvalue weighted by Crippen LogP contribution is 2.31. The van der Waals surface area contributed by atoms with Gasteiger partial charge in [-0.2, -0.15) is 0 Å². The number of nitrogens with one attached hydrogen (secondary N) is 1. The molecule has 9 heteroatoms. The molecule has 1 amide bonds. The van der Waals surface area contributed by atoms with Gasteiger partial charge in [-0.3, -0.25) is 0 Å². The summed E-state index contributed by atoms with van der Waals surface area (Å²) in [7, 11) is 0. The summed E-state index contributed by atoms with van der Waals surface area (Å²) >= 11 is 0. The van der Waals surface area contributed by atoms with E-state index >= 15 is 0 Å². The van der Waals surface area contributed by atoms with Gasteiger partial charge in [-0.15, -0.1) is 0 Å². The highest BCUT2D eigenvalue weighted by molar-refractivity contribution is 5.68. The molecule has 0 radical (unpaired) electrons. The number of ether oxygens (including phenoxy) is 2. The second-order valence-electron chi connectivity index (χ2n) is 8.03. The number of hydrogen-bond acceptors (Lipinski definition) is 5. The number of anilines is 1. The zero-order valence-corrected chi connectivity index (χ0v) is 16.3. The molecule has 156 valence electrons. The molecule has 2 heterocycles. The van der Waals surface area contributed by atoms with Crippen molar-refractivity contribution in [3.63, 3.8) is 0 Å². The van der Waals surface area contributed by atoms with Crippen LogP contribution in [0.3, 0.4) is 0 Å². The van der Waals surface area contributed by atoms with E-state index in [2.05, 4.69) is 5.32 Å². The molecule has 6 nitrogen and oxygen atoms in total. The Hall–Kier alpha value is -2.16. The number of carbonyl (C=O) groups excluding carboxylic acids is 1. The third-order valence-electron chi connectivity index (χ3n) is 4.59.